The van der Waals surface area contributed by atoms with Gasteiger partial charge in [0.05, 0.1) is 16.7 Å². The average Bonchev–Trinajstić information content (AvgIpc) is 3.12. The van der Waals surface area contributed by atoms with E-state index >= 15 is 0 Å². The summed E-state index contributed by atoms with van der Waals surface area (Å²) in [4.78, 5) is 4.92. The first-order valence-electron chi connectivity index (χ1n) is 7.73. The van der Waals surface area contributed by atoms with Crippen LogP contribution < -0.4 is 0 Å². The summed E-state index contributed by atoms with van der Waals surface area (Å²) in [5, 5.41) is 13.3. The molecule has 1 aromatic carbocycles. The average molecular weight is 291 g/mol. The smallest absolute Gasteiger partial charge is 0.114 e. The lowest BCUT2D eigenvalue weighted by Gasteiger charge is -2.00. The molecule has 22 heavy (non-hydrogen) atoms. The van der Waals surface area contributed by atoms with Gasteiger partial charge in [0.15, 0.2) is 0 Å². The van der Waals surface area contributed by atoms with Crippen LogP contribution in [0.2, 0.25) is 0 Å². The topological polar surface area (TPSA) is 62.3 Å². The van der Waals surface area contributed by atoms with Crippen molar-refractivity contribution in [2.24, 2.45) is 7.05 Å². The van der Waals surface area contributed by atoms with Crippen LogP contribution in [0.15, 0.2) is 18.3 Å². The summed E-state index contributed by atoms with van der Waals surface area (Å²) >= 11 is 0. The fourth-order valence-corrected chi connectivity index (χ4v) is 3.73. The van der Waals surface area contributed by atoms with E-state index in [1.807, 2.05) is 13.2 Å². The SMILES string of the molecule is Cc1[nH]nc2c1CCCc1c-2nc2cc3c[nH]n(C)c3cc12. The van der Waals surface area contributed by atoms with Crippen LogP contribution in [0.1, 0.15) is 23.2 Å². The minimum Gasteiger partial charge on any atom is -0.305 e. The molecule has 0 aliphatic heterocycles. The first-order chi connectivity index (χ1) is 10.7. The van der Waals surface area contributed by atoms with Gasteiger partial charge in [-0.05, 0) is 43.9 Å². The summed E-state index contributed by atoms with van der Waals surface area (Å²) < 4.78 is 2.05. The molecule has 5 heteroatoms. The lowest BCUT2D eigenvalue weighted by atomic mass is 10.0. The van der Waals surface area contributed by atoms with Gasteiger partial charge in [-0.25, -0.2) is 4.98 Å². The number of nitrogens with one attached hydrogen (secondary N) is 2. The van der Waals surface area contributed by atoms with Gasteiger partial charge in [0.25, 0.3) is 0 Å². The molecular formula is C17H17N5. The second kappa shape index (κ2) is 4.00. The number of hydrogen-bond donors (Lipinski definition) is 2. The molecule has 4 aromatic rings. The Morgan fingerprint density at radius 2 is 2.00 bits per heavy atom. The number of hydrogen-bond acceptors (Lipinski definition) is 2. The zero-order chi connectivity index (χ0) is 14.8. The van der Waals surface area contributed by atoms with Crippen LogP contribution >= 0.6 is 0 Å². The van der Waals surface area contributed by atoms with Crippen molar-refractivity contribution in [1.82, 2.24) is 25.0 Å². The van der Waals surface area contributed by atoms with Gasteiger partial charge >= 0.3 is 0 Å². The van der Waals surface area contributed by atoms with Crippen molar-refractivity contribution in [3.05, 3.63) is 35.2 Å². The zero-order valence-corrected chi connectivity index (χ0v) is 12.7. The van der Waals surface area contributed by atoms with E-state index in [0.29, 0.717) is 0 Å². The van der Waals surface area contributed by atoms with E-state index in [1.54, 1.807) is 0 Å². The summed E-state index contributed by atoms with van der Waals surface area (Å²) in [6.07, 6.45) is 5.33. The van der Waals surface area contributed by atoms with Gasteiger partial charge in [-0.3, -0.25) is 9.78 Å². The Hall–Kier alpha value is -2.56. The van der Waals surface area contributed by atoms with Gasteiger partial charge in [0.2, 0.25) is 0 Å². The number of aromatic amines is 2. The molecule has 0 bridgehead atoms. The maximum atomic E-state index is 4.92. The Morgan fingerprint density at radius 1 is 1.14 bits per heavy atom. The van der Waals surface area contributed by atoms with Crippen LogP contribution in [0, 0.1) is 6.92 Å². The van der Waals surface area contributed by atoms with Crippen molar-refractivity contribution in [3.63, 3.8) is 0 Å². The molecule has 1 aliphatic carbocycles. The Bertz CT molecular complexity index is 1030. The normalized spacial score (nSPS) is 14.3. The van der Waals surface area contributed by atoms with Gasteiger partial charge in [0, 0.05) is 35.3 Å². The molecule has 2 N–H and O–H groups in total. The molecule has 1 aliphatic rings. The molecule has 0 saturated carbocycles. The zero-order valence-electron chi connectivity index (χ0n) is 12.7. The van der Waals surface area contributed by atoms with E-state index in [9.17, 15) is 0 Å². The molecule has 0 saturated heterocycles. The molecule has 110 valence electrons. The molecule has 0 amide bonds. The third-order valence-electron chi connectivity index (χ3n) is 4.92. The number of fused-ring (bicyclic) bond motifs is 6. The van der Waals surface area contributed by atoms with Crippen LogP contribution in [-0.2, 0) is 19.9 Å². The van der Waals surface area contributed by atoms with Crippen molar-refractivity contribution in [2.75, 3.05) is 0 Å². The van der Waals surface area contributed by atoms with E-state index in [2.05, 4.69) is 39.0 Å². The predicted octanol–water partition coefficient (Wildman–Crippen LogP) is 3.24. The van der Waals surface area contributed by atoms with Gasteiger partial charge in [-0.1, -0.05) is 0 Å². The number of aryl methyl sites for hydroxylation is 3. The monoisotopic (exact) mass is 291 g/mol. The molecular weight excluding hydrogens is 274 g/mol. The van der Waals surface area contributed by atoms with Gasteiger partial charge in [0.1, 0.15) is 5.69 Å². The first-order valence-corrected chi connectivity index (χ1v) is 7.73. The summed E-state index contributed by atoms with van der Waals surface area (Å²) in [6.45, 7) is 2.10. The second-order valence-electron chi connectivity index (χ2n) is 6.23. The Kier molecular flexibility index (Phi) is 2.19. The second-order valence-corrected chi connectivity index (χ2v) is 6.23. The molecule has 5 nitrogen and oxygen atoms in total. The minimum absolute atomic E-state index is 1.05. The quantitative estimate of drug-likeness (QED) is 0.522. The van der Waals surface area contributed by atoms with Crippen LogP contribution in [0.5, 0.6) is 0 Å². The highest BCUT2D eigenvalue weighted by Crippen LogP contribution is 2.37. The standard InChI is InChI=1S/C17H17N5/c1-9-11-4-3-5-12-13-7-15-10(8-18-22(15)2)6-14(13)19-16(12)17(11)21-20-9/h6-8,18H,3-5H2,1-2H3,(H,20,21). The highest BCUT2D eigenvalue weighted by molar-refractivity contribution is 6.00. The number of rotatable bonds is 0. The summed E-state index contributed by atoms with van der Waals surface area (Å²) in [6, 6.07) is 4.44. The molecule has 0 fully saturated rings. The Balaban J connectivity index is 1.88. The Morgan fingerprint density at radius 3 is 2.91 bits per heavy atom. The summed E-state index contributed by atoms with van der Waals surface area (Å²) in [7, 11) is 2.04. The molecule has 5 rings (SSSR count). The molecule has 0 radical (unpaired) electrons. The first kappa shape index (κ1) is 12.0. The summed E-state index contributed by atoms with van der Waals surface area (Å²) in [5.74, 6) is 0. The van der Waals surface area contributed by atoms with E-state index < -0.39 is 0 Å². The van der Waals surface area contributed by atoms with Crippen molar-refractivity contribution >= 4 is 21.8 Å². The van der Waals surface area contributed by atoms with Gasteiger partial charge in [-0.15, -0.1) is 0 Å². The Labute approximate surface area is 127 Å². The minimum atomic E-state index is 1.05. The lowest BCUT2D eigenvalue weighted by molar-refractivity contribution is 0.797. The van der Waals surface area contributed by atoms with Crippen LogP contribution in [0.3, 0.4) is 0 Å². The van der Waals surface area contributed by atoms with Crippen LogP contribution in [-0.4, -0.2) is 25.0 Å². The van der Waals surface area contributed by atoms with Gasteiger partial charge < -0.3 is 5.10 Å². The number of H-pyrrole nitrogens is 2. The molecule has 0 atom stereocenters. The number of nitrogens with zero attached hydrogens (tertiary/aromatic N) is 3. The number of benzene rings is 1. The molecule has 0 spiro atoms. The molecule has 3 heterocycles. The maximum Gasteiger partial charge on any atom is 0.114 e. The fourth-order valence-electron chi connectivity index (χ4n) is 3.73. The van der Waals surface area contributed by atoms with Crippen molar-refractivity contribution in [3.8, 4) is 11.4 Å². The highest BCUT2D eigenvalue weighted by atomic mass is 15.2. The molecule has 3 aromatic heterocycles. The van der Waals surface area contributed by atoms with Crippen LogP contribution in [0.25, 0.3) is 33.2 Å². The van der Waals surface area contributed by atoms with Crippen LogP contribution in [0.4, 0.5) is 0 Å². The third kappa shape index (κ3) is 1.43. The van der Waals surface area contributed by atoms with E-state index in [1.165, 1.54) is 33.1 Å². The summed E-state index contributed by atoms with van der Waals surface area (Å²) in [5.41, 5.74) is 8.27. The van der Waals surface area contributed by atoms with E-state index in [0.717, 1.165) is 36.2 Å². The van der Waals surface area contributed by atoms with Crippen molar-refractivity contribution in [2.45, 2.75) is 26.2 Å². The predicted molar refractivity (Wildman–Crippen MR) is 86.9 cm³/mol. The van der Waals surface area contributed by atoms with E-state index in [-0.39, 0.29) is 0 Å². The molecule has 0 unspecified atom stereocenters. The largest absolute Gasteiger partial charge is 0.305 e. The van der Waals surface area contributed by atoms with E-state index in [4.69, 9.17) is 4.98 Å². The lowest BCUT2D eigenvalue weighted by Crippen LogP contribution is -1.89. The third-order valence-corrected chi connectivity index (χ3v) is 4.92. The maximum absolute atomic E-state index is 4.92. The van der Waals surface area contributed by atoms with Crippen molar-refractivity contribution < 1.29 is 0 Å². The highest BCUT2D eigenvalue weighted by Gasteiger charge is 2.24. The fraction of sp³-hybridized carbons (Fsp3) is 0.294. The number of aromatic nitrogens is 5. The van der Waals surface area contributed by atoms with Crippen molar-refractivity contribution in [1.29, 1.82) is 0 Å². The van der Waals surface area contributed by atoms with Gasteiger partial charge in [-0.2, -0.15) is 5.10 Å².